The molecular formula is C34H40N6O4. The third kappa shape index (κ3) is 7.50. The van der Waals surface area contributed by atoms with E-state index in [4.69, 9.17) is 9.47 Å². The molecule has 0 saturated carbocycles. The van der Waals surface area contributed by atoms with E-state index in [0.29, 0.717) is 23.6 Å². The molecule has 2 aromatic heterocycles. The molecule has 1 fully saturated rings. The predicted molar refractivity (Wildman–Crippen MR) is 173 cm³/mol. The van der Waals surface area contributed by atoms with Crippen molar-refractivity contribution in [1.82, 2.24) is 19.4 Å². The molecule has 0 aliphatic carbocycles. The number of nitrogens with one attached hydrogen (secondary N) is 2. The highest BCUT2D eigenvalue weighted by Gasteiger charge is 2.18. The second kappa shape index (κ2) is 13.4. The number of carbonyl (C=O) groups is 1. The molecule has 1 amide bonds. The first-order chi connectivity index (χ1) is 21.1. The molecule has 2 N–H and O–H groups in total. The Hall–Kier alpha value is -4.54. The van der Waals surface area contributed by atoms with Crippen LogP contribution in [0.25, 0.3) is 11.3 Å². The van der Waals surface area contributed by atoms with Crippen LogP contribution in [0.2, 0.25) is 0 Å². The van der Waals surface area contributed by atoms with Crippen molar-refractivity contribution in [3.05, 3.63) is 94.2 Å². The van der Waals surface area contributed by atoms with Gasteiger partial charge in [0.1, 0.15) is 12.4 Å². The number of amides is 1. The van der Waals surface area contributed by atoms with Crippen LogP contribution >= 0.6 is 0 Å². The quantitative estimate of drug-likeness (QED) is 0.273. The van der Waals surface area contributed by atoms with Gasteiger partial charge in [-0.15, -0.1) is 0 Å². The van der Waals surface area contributed by atoms with Crippen molar-refractivity contribution in [2.45, 2.75) is 33.1 Å². The molecule has 230 valence electrons. The third-order valence-corrected chi connectivity index (χ3v) is 7.62. The molecule has 1 aliphatic heterocycles. The number of carbonyl (C=O) groups excluding carboxylic acids is 1. The monoisotopic (exact) mass is 596 g/mol. The molecule has 0 radical (unpaired) electrons. The maximum absolute atomic E-state index is 13.0. The van der Waals surface area contributed by atoms with Crippen molar-refractivity contribution in [2.75, 3.05) is 50.1 Å². The van der Waals surface area contributed by atoms with Gasteiger partial charge in [-0.05, 0) is 55.0 Å². The van der Waals surface area contributed by atoms with Crippen LogP contribution in [-0.4, -0.2) is 64.8 Å². The third-order valence-electron chi connectivity index (χ3n) is 7.62. The highest BCUT2D eigenvalue weighted by molar-refractivity contribution is 6.04. The number of hydrogen-bond acceptors (Lipinski definition) is 8. The van der Waals surface area contributed by atoms with Gasteiger partial charge < -0.3 is 24.7 Å². The predicted octanol–water partition coefficient (Wildman–Crippen LogP) is 5.16. The highest BCUT2D eigenvalue weighted by atomic mass is 16.5. The standard InChI is InChI=1S/C34H40N6O4/c1-23-27(7-6-8-28(23)38-32(41)24-9-14-30(35-21-24)34(2,3)4)29-22-39(5)33(42)31(37-29)36-25-10-12-26(13-11-25)44-20-17-40-15-18-43-19-16-40/h6-14,21-22H,15-20H2,1-5H3,(H,36,37)(H,38,41). The number of rotatable bonds is 9. The fourth-order valence-electron chi connectivity index (χ4n) is 4.92. The lowest BCUT2D eigenvalue weighted by Gasteiger charge is -2.26. The molecule has 10 heteroatoms. The molecule has 0 spiro atoms. The molecule has 10 nitrogen and oxygen atoms in total. The molecular weight excluding hydrogens is 556 g/mol. The molecule has 0 bridgehead atoms. The Balaban J connectivity index is 1.28. The van der Waals surface area contributed by atoms with Gasteiger partial charge in [0.25, 0.3) is 11.5 Å². The summed E-state index contributed by atoms with van der Waals surface area (Å²) in [6.45, 7) is 13.0. The number of morpholine rings is 1. The summed E-state index contributed by atoms with van der Waals surface area (Å²) >= 11 is 0. The Kier molecular flexibility index (Phi) is 9.41. The smallest absolute Gasteiger partial charge is 0.293 e. The van der Waals surface area contributed by atoms with Gasteiger partial charge in [-0.25, -0.2) is 4.98 Å². The van der Waals surface area contributed by atoms with Crippen molar-refractivity contribution in [3.8, 4) is 17.0 Å². The lowest BCUT2D eigenvalue weighted by Crippen LogP contribution is -2.38. The van der Waals surface area contributed by atoms with Crippen LogP contribution < -0.4 is 20.9 Å². The summed E-state index contributed by atoms with van der Waals surface area (Å²) in [6, 6.07) is 16.8. The Bertz CT molecular complexity index is 1650. The number of pyridine rings is 1. The van der Waals surface area contributed by atoms with Crippen LogP contribution in [-0.2, 0) is 17.2 Å². The summed E-state index contributed by atoms with van der Waals surface area (Å²) in [5.41, 5.74) is 4.64. The van der Waals surface area contributed by atoms with Gasteiger partial charge in [0.2, 0.25) is 0 Å². The molecule has 4 aromatic rings. The normalized spacial score (nSPS) is 13.8. The molecule has 0 unspecified atom stereocenters. The van der Waals surface area contributed by atoms with Crippen LogP contribution in [0.1, 0.15) is 42.4 Å². The number of benzene rings is 2. The van der Waals surface area contributed by atoms with E-state index in [9.17, 15) is 9.59 Å². The summed E-state index contributed by atoms with van der Waals surface area (Å²) in [4.78, 5) is 37.5. The van der Waals surface area contributed by atoms with E-state index in [1.807, 2.05) is 55.5 Å². The number of aryl methyl sites for hydroxylation is 1. The topological polar surface area (TPSA) is 111 Å². The molecule has 1 saturated heterocycles. The van der Waals surface area contributed by atoms with E-state index in [0.717, 1.165) is 61.1 Å². The fraction of sp³-hybridized carbons (Fsp3) is 0.353. The molecule has 1 aliphatic rings. The lowest BCUT2D eigenvalue weighted by atomic mass is 9.91. The van der Waals surface area contributed by atoms with Crippen LogP contribution in [0.15, 0.2) is 71.8 Å². The maximum atomic E-state index is 13.0. The van der Waals surface area contributed by atoms with Gasteiger partial charge >= 0.3 is 0 Å². The second-order valence-electron chi connectivity index (χ2n) is 12.0. The van der Waals surface area contributed by atoms with Gasteiger partial charge in [0.15, 0.2) is 5.82 Å². The van der Waals surface area contributed by atoms with Crippen molar-refractivity contribution < 1.29 is 14.3 Å². The molecule has 2 aromatic carbocycles. The van der Waals surface area contributed by atoms with Crippen molar-refractivity contribution in [2.24, 2.45) is 7.05 Å². The zero-order valence-corrected chi connectivity index (χ0v) is 26.0. The molecule has 0 atom stereocenters. The van der Waals surface area contributed by atoms with E-state index in [2.05, 4.69) is 46.3 Å². The second-order valence-corrected chi connectivity index (χ2v) is 12.0. The number of ether oxygens (including phenoxy) is 2. The summed E-state index contributed by atoms with van der Waals surface area (Å²) in [7, 11) is 1.69. The van der Waals surface area contributed by atoms with Crippen molar-refractivity contribution >= 4 is 23.1 Å². The molecule has 3 heterocycles. The van der Waals surface area contributed by atoms with Crippen molar-refractivity contribution in [1.29, 1.82) is 0 Å². The number of hydrogen-bond donors (Lipinski definition) is 2. The Labute approximate surface area is 258 Å². The van der Waals surface area contributed by atoms with E-state index < -0.39 is 0 Å². The van der Waals surface area contributed by atoms with Gasteiger partial charge in [0.05, 0.1) is 24.5 Å². The van der Waals surface area contributed by atoms with Gasteiger partial charge in [-0.2, -0.15) is 0 Å². The number of nitrogens with zero attached hydrogens (tertiary/aromatic N) is 4. The largest absolute Gasteiger partial charge is 0.492 e. The SMILES string of the molecule is Cc1c(NC(=O)c2ccc(C(C)(C)C)nc2)cccc1-c1cn(C)c(=O)c(Nc2ccc(OCCN3CCOCC3)cc2)n1. The number of anilines is 3. The summed E-state index contributed by atoms with van der Waals surface area (Å²) in [5.74, 6) is 0.709. The zero-order valence-electron chi connectivity index (χ0n) is 26.0. The minimum Gasteiger partial charge on any atom is -0.492 e. The molecule has 44 heavy (non-hydrogen) atoms. The summed E-state index contributed by atoms with van der Waals surface area (Å²) in [5, 5.41) is 6.16. The van der Waals surface area contributed by atoms with Gasteiger partial charge in [-0.3, -0.25) is 19.5 Å². The average Bonchev–Trinajstić information content (AvgIpc) is 3.01. The van der Waals surface area contributed by atoms with Crippen LogP contribution in [0, 0.1) is 6.92 Å². The van der Waals surface area contributed by atoms with E-state index >= 15 is 0 Å². The van der Waals surface area contributed by atoms with E-state index in [-0.39, 0.29) is 22.7 Å². The fourth-order valence-corrected chi connectivity index (χ4v) is 4.92. The maximum Gasteiger partial charge on any atom is 0.293 e. The minimum atomic E-state index is -0.257. The van der Waals surface area contributed by atoms with E-state index in [1.54, 1.807) is 25.5 Å². The van der Waals surface area contributed by atoms with Crippen LogP contribution in [0.3, 0.4) is 0 Å². The minimum absolute atomic E-state index is 0.0997. The first kappa shape index (κ1) is 30.9. The lowest BCUT2D eigenvalue weighted by molar-refractivity contribution is 0.0322. The first-order valence-electron chi connectivity index (χ1n) is 14.8. The summed E-state index contributed by atoms with van der Waals surface area (Å²) < 4.78 is 12.8. The Morgan fingerprint density at radius 1 is 1.05 bits per heavy atom. The van der Waals surface area contributed by atoms with E-state index in [1.165, 1.54) is 4.57 Å². The summed E-state index contributed by atoms with van der Waals surface area (Å²) in [6.07, 6.45) is 3.30. The zero-order chi connectivity index (χ0) is 31.3. The average molecular weight is 597 g/mol. The Morgan fingerprint density at radius 3 is 2.48 bits per heavy atom. The van der Waals surface area contributed by atoms with Crippen molar-refractivity contribution in [3.63, 3.8) is 0 Å². The number of aromatic nitrogens is 3. The Morgan fingerprint density at radius 2 is 1.80 bits per heavy atom. The van der Waals surface area contributed by atoms with Gasteiger partial charge in [0, 0.05) is 67.1 Å². The highest BCUT2D eigenvalue weighted by Crippen LogP contribution is 2.29. The van der Waals surface area contributed by atoms with Crippen LogP contribution in [0.5, 0.6) is 5.75 Å². The van der Waals surface area contributed by atoms with Gasteiger partial charge in [-0.1, -0.05) is 32.9 Å². The molecule has 5 rings (SSSR count). The first-order valence-corrected chi connectivity index (χ1v) is 14.8. The van der Waals surface area contributed by atoms with Crippen LogP contribution in [0.4, 0.5) is 17.2 Å².